The third-order valence-electron chi connectivity index (χ3n) is 1.27. The number of carboxylic acids is 1. The number of nitrogens with two attached hydrogens (primary N) is 1. The van der Waals surface area contributed by atoms with Crippen molar-refractivity contribution >= 4 is 5.97 Å². The molecule has 0 saturated heterocycles. The molecule has 0 amide bonds. The summed E-state index contributed by atoms with van der Waals surface area (Å²) in [5, 5.41) is 19.4. The molecule has 0 aliphatic carbocycles. The normalized spacial score (nSPS) is 12.8. The highest BCUT2D eigenvalue weighted by Crippen LogP contribution is 1.91. The van der Waals surface area contributed by atoms with Gasteiger partial charge in [0.05, 0.1) is 7.05 Å². The van der Waals surface area contributed by atoms with E-state index < -0.39 is 12.0 Å². The second-order valence-corrected chi connectivity index (χ2v) is 2.34. The number of rotatable bonds is 3. The molecule has 0 radical (unpaired) electrons. The number of hydrogen-bond acceptors (Lipinski definition) is 5. The molecule has 1 aromatic rings. The van der Waals surface area contributed by atoms with Crippen molar-refractivity contribution in [3.05, 3.63) is 5.82 Å². The van der Waals surface area contributed by atoms with Crippen molar-refractivity contribution in [2.45, 2.75) is 12.5 Å². The standard InChI is InChI=1S/C5H9N5O2/c1-10-8-4(7-9-10)2-3(6)5(11)12/h3H,2,6H2,1H3,(H,11,12)/t3-/m0/s1. The van der Waals surface area contributed by atoms with E-state index in [-0.39, 0.29) is 6.42 Å². The highest BCUT2D eigenvalue weighted by molar-refractivity contribution is 5.73. The van der Waals surface area contributed by atoms with Crippen LogP contribution in [0.5, 0.6) is 0 Å². The molecular weight excluding hydrogens is 162 g/mol. The highest BCUT2D eigenvalue weighted by atomic mass is 16.4. The first kappa shape index (κ1) is 8.60. The van der Waals surface area contributed by atoms with Gasteiger partial charge in [-0.25, -0.2) is 0 Å². The summed E-state index contributed by atoms with van der Waals surface area (Å²) in [4.78, 5) is 11.6. The first-order valence-electron chi connectivity index (χ1n) is 3.31. The summed E-state index contributed by atoms with van der Waals surface area (Å²) < 4.78 is 0. The monoisotopic (exact) mass is 171 g/mol. The zero-order chi connectivity index (χ0) is 9.14. The molecule has 0 bridgehead atoms. The Balaban J connectivity index is 2.58. The minimum absolute atomic E-state index is 0.100. The maximum absolute atomic E-state index is 10.3. The highest BCUT2D eigenvalue weighted by Gasteiger charge is 2.14. The molecule has 12 heavy (non-hydrogen) atoms. The molecule has 7 nitrogen and oxygen atoms in total. The van der Waals surface area contributed by atoms with Crippen molar-refractivity contribution in [1.29, 1.82) is 0 Å². The molecule has 0 aromatic carbocycles. The molecule has 1 heterocycles. The average Bonchev–Trinajstić information content (AvgIpc) is 2.35. The van der Waals surface area contributed by atoms with Gasteiger partial charge in [0.1, 0.15) is 6.04 Å². The van der Waals surface area contributed by atoms with Crippen LogP contribution in [0, 0.1) is 0 Å². The van der Waals surface area contributed by atoms with Crippen LogP contribution < -0.4 is 5.73 Å². The maximum atomic E-state index is 10.3. The van der Waals surface area contributed by atoms with Gasteiger partial charge in [-0.1, -0.05) is 0 Å². The second kappa shape index (κ2) is 3.26. The Morgan fingerprint density at radius 2 is 2.50 bits per heavy atom. The molecule has 1 rings (SSSR count). The van der Waals surface area contributed by atoms with Gasteiger partial charge in [-0.2, -0.15) is 4.80 Å². The van der Waals surface area contributed by atoms with E-state index in [0.29, 0.717) is 5.82 Å². The summed E-state index contributed by atoms with van der Waals surface area (Å²) >= 11 is 0. The molecule has 7 heteroatoms. The predicted molar refractivity (Wildman–Crippen MR) is 38.1 cm³/mol. The van der Waals surface area contributed by atoms with E-state index in [1.54, 1.807) is 7.05 Å². The molecule has 0 fully saturated rings. The lowest BCUT2D eigenvalue weighted by molar-refractivity contribution is -0.138. The minimum Gasteiger partial charge on any atom is -0.480 e. The topological polar surface area (TPSA) is 107 Å². The van der Waals surface area contributed by atoms with Gasteiger partial charge in [0, 0.05) is 6.42 Å². The van der Waals surface area contributed by atoms with Crippen molar-refractivity contribution in [2.24, 2.45) is 12.8 Å². The number of carboxylic acid groups (broad SMARTS) is 1. The summed E-state index contributed by atoms with van der Waals surface area (Å²) in [7, 11) is 1.60. The SMILES string of the molecule is Cn1nnc(C[C@H](N)C(=O)O)n1. The first-order valence-corrected chi connectivity index (χ1v) is 3.31. The quantitative estimate of drug-likeness (QED) is 0.553. The van der Waals surface area contributed by atoms with E-state index in [1.807, 2.05) is 0 Å². The summed E-state index contributed by atoms with van der Waals surface area (Å²) in [5.41, 5.74) is 5.24. The Labute approximate surface area is 68.2 Å². The minimum atomic E-state index is -1.07. The Bertz CT molecular complexity index is 283. The zero-order valence-corrected chi connectivity index (χ0v) is 6.51. The van der Waals surface area contributed by atoms with Gasteiger partial charge in [0.15, 0.2) is 5.82 Å². The lowest BCUT2D eigenvalue weighted by Crippen LogP contribution is -2.32. The van der Waals surface area contributed by atoms with Crippen molar-refractivity contribution in [2.75, 3.05) is 0 Å². The molecule has 1 aromatic heterocycles. The smallest absolute Gasteiger partial charge is 0.320 e. The van der Waals surface area contributed by atoms with E-state index >= 15 is 0 Å². The maximum Gasteiger partial charge on any atom is 0.320 e. The van der Waals surface area contributed by atoms with E-state index in [0.717, 1.165) is 0 Å². The van der Waals surface area contributed by atoms with Crippen LogP contribution in [0.2, 0.25) is 0 Å². The van der Waals surface area contributed by atoms with E-state index in [4.69, 9.17) is 10.8 Å². The van der Waals surface area contributed by atoms with Gasteiger partial charge in [-0.3, -0.25) is 4.79 Å². The van der Waals surface area contributed by atoms with Crippen LogP contribution in [0.4, 0.5) is 0 Å². The van der Waals surface area contributed by atoms with Crippen LogP contribution in [0.25, 0.3) is 0 Å². The molecule has 1 atom stereocenters. The molecule has 0 aliphatic heterocycles. The predicted octanol–water partition coefficient (Wildman–Crippen LogP) is -1.84. The van der Waals surface area contributed by atoms with Crippen LogP contribution >= 0.6 is 0 Å². The van der Waals surface area contributed by atoms with Crippen molar-refractivity contribution in [1.82, 2.24) is 20.2 Å². The van der Waals surface area contributed by atoms with Crippen LogP contribution in [0.3, 0.4) is 0 Å². The van der Waals surface area contributed by atoms with Gasteiger partial charge < -0.3 is 10.8 Å². The van der Waals surface area contributed by atoms with Crippen LogP contribution in [-0.4, -0.2) is 37.3 Å². The van der Waals surface area contributed by atoms with Gasteiger partial charge in [0.2, 0.25) is 0 Å². The molecule has 0 unspecified atom stereocenters. The number of carbonyl (C=O) groups is 1. The van der Waals surface area contributed by atoms with Crippen molar-refractivity contribution in [3.63, 3.8) is 0 Å². The lowest BCUT2D eigenvalue weighted by Gasteiger charge is -2.00. The fourth-order valence-corrected chi connectivity index (χ4v) is 0.689. The van der Waals surface area contributed by atoms with Crippen molar-refractivity contribution < 1.29 is 9.90 Å². The van der Waals surface area contributed by atoms with Crippen molar-refractivity contribution in [3.8, 4) is 0 Å². The van der Waals surface area contributed by atoms with Gasteiger partial charge >= 0.3 is 5.97 Å². The zero-order valence-electron chi connectivity index (χ0n) is 6.51. The summed E-state index contributed by atoms with van der Waals surface area (Å²) in [5.74, 6) is -0.727. The summed E-state index contributed by atoms with van der Waals surface area (Å²) in [6.45, 7) is 0. The number of aliphatic carboxylic acids is 1. The number of nitrogens with zero attached hydrogens (tertiary/aromatic N) is 4. The molecule has 0 spiro atoms. The number of aromatic nitrogens is 4. The molecule has 0 aliphatic rings. The number of tetrazole rings is 1. The largest absolute Gasteiger partial charge is 0.480 e. The first-order chi connectivity index (χ1) is 5.59. The third kappa shape index (κ3) is 1.99. The molecular formula is C5H9N5O2. The Morgan fingerprint density at radius 3 is 2.92 bits per heavy atom. The van der Waals surface area contributed by atoms with E-state index in [9.17, 15) is 4.79 Å². The molecule has 3 N–H and O–H groups in total. The van der Waals surface area contributed by atoms with Crippen LogP contribution in [0.15, 0.2) is 0 Å². The molecule has 0 saturated carbocycles. The van der Waals surface area contributed by atoms with E-state index in [1.165, 1.54) is 4.80 Å². The number of aryl methyl sites for hydroxylation is 1. The Morgan fingerprint density at radius 1 is 1.83 bits per heavy atom. The Kier molecular flexibility index (Phi) is 2.34. The molecule has 66 valence electrons. The van der Waals surface area contributed by atoms with Gasteiger partial charge in [-0.15, -0.1) is 10.2 Å². The lowest BCUT2D eigenvalue weighted by atomic mass is 10.2. The van der Waals surface area contributed by atoms with E-state index in [2.05, 4.69) is 15.4 Å². The number of hydrogen-bond donors (Lipinski definition) is 2. The van der Waals surface area contributed by atoms with Crippen LogP contribution in [0.1, 0.15) is 5.82 Å². The Hall–Kier alpha value is -1.50. The fraction of sp³-hybridized carbons (Fsp3) is 0.600. The fourth-order valence-electron chi connectivity index (χ4n) is 0.689. The third-order valence-corrected chi connectivity index (χ3v) is 1.27. The second-order valence-electron chi connectivity index (χ2n) is 2.34. The summed E-state index contributed by atoms with van der Waals surface area (Å²) in [6, 6.07) is -0.964. The van der Waals surface area contributed by atoms with Crippen LogP contribution in [-0.2, 0) is 18.3 Å². The van der Waals surface area contributed by atoms with Gasteiger partial charge in [0.25, 0.3) is 0 Å². The summed E-state index contributed by atoms with van der Waals surface area (Å²) in [6.07, 6.45) is 0.100. The van der Waals surface area contributed by atoms with Gasteiger partial charge in [-0.05, 0) is 5.21 Å². The average molecular weight is 171 g/mol.